The molecule has 0 atom stereocenters. The molecule has 146 valence electrons. The van der Waals surface area contributed by atoms with Crippen LogP contribution in [-0.4, -0.2) is 40.0 Å². The highest BCUT2D eigenvalue weighted by molar-refractivity contribution is 6.31. The van der Waals surface area contributed by atoms with E-state index in [1.54, 1.807) is 0 Å². The lowest BCUT2D eigenvalue weighted by Gasteiger charge is -2.31. The minimum atomic E-state index is 0.0546. The highest BCUT2D eigenvalue weighted by Gasteiger charge is 2.21. The predicted octanol–water partition coefficient (Wildman–Crippen LogP) is 3.72. The Hall–Kier alpha value is -2.37. The summed E-state index contributed by atoms with van der Waals surface area (Å²) in [5, 5.41) is 3.67. The van der Waals surface area contributed by atoms with E-state index in [0.29, 0.717) is 24.0 Å². The molecule has 6 heteroatoms. The van der Waals surface area contributed by atoms with Crippen molar-refractivity contribution in [3.63, 3.8) is 0 Å². The first-order valence-corrected chi connectivity index (χ1v) is 10.2. The molecule has 1 fully saturated rings. The maximum Gasteiger partial charge on any atom is 0.234 e. The smallest absolute Gasteiger partial charge is 0.234 e. The number of amides is 1. The number of hydrogen-bond donors (Lipinski definition) is 1. The van der Waals surface area contributed by atoms with Crippen molar-refractivity contribution in [1.82, 2.24) is 19.8 Å². The van der Waals surface area contributed by atoms with E-state index in [1.165, 1.54) is 5.52 Å². The van der Waals surface area contributed by atoms with Crippen molar-refractivity contribution in [3.8, 4) is 0 Å². The van der Waals surface area contributed by atoms with Gasteiger partial charge in [-0.2, -0.15) is 0 Å². The van der Waals surface area contributed by atoms with E-state index in [9.17, 15) is 4.79 Å². The molecule has 1 aromatic heterocycles. The summed E-state index contributed by atoms with van der Waals surface area (Å²) in [5.74, 6) is 0.680. The lowest BCUT2D eigenvalue weighted by molar-refractivity contribution is -0.122. The van der Waals surface area contributed by atoms with E-state index in [1.807, 2.05) is 36.7 Å². The lowest BCUT2D eigenvalue weighted by Crippen LogP contribution is -2.41. The Kier molecular flexibility index (Phi) is 5.93. The number of aromatic nitrogens is 2. The fraction of sp³-hybridized carbons (Fsp3) is 0.364. The number of rotatable bonds is 6. The summed E-state index contributed by atoms with van der Waals surface area (Å²) in [6.07, 6.45) is 4.15. The third-order valence-corrected chi connectivity index (χ3v) is 5.86. The summed E-state index contributed by atoms with van der Waals surface area (Å²) in [5.41, 5.74) is 3.20. The zero-order valence-corrected chi connectivity index (χ0v) is 16.6. The van der Waals surface area contributed by atoms with E-state index in [0.717, 1.165) is 43.6 Å². The Morgan fingerprint density at radius 2 is 1.86 bits per heavy atom. The summed E-state index contributed by atoms with van der Waals surface area (Å²) in [7, 11) is 0. The third-order valence-electron chi connectivity index (χ3n) is 5.49. The second-order valence-corrected chi connectivity index (χ2v) is 7.88. The molecule has 0 unspecified atom stereocenters. The maximum absolute atomic E-state index is 12.3. The molecule has 0 radical (unpaired) electrons. The van der Waals surface area contributed by atoms with Crippen molar-refractivity contribution in [1.29, 1.82) is 0 Å². The van der Waals surface area contributed by atoms with Crippen LogP contribution in [0.1, 0.15) is 18.4 Å². The summed E-state index contributed by atoms with van der Waals surface area (Å²) in [4.78, 5) is 19.0. The van der Waals surface area contributed by atoms with Gasteiger partial charge in [-0.1, -0.05) is 41.9 Å². The molecule has 0 aliphatic carbocycles. The normalized spacial score (nSPS) is 15.8. The number of imidazole rings is 1. The monoisotopic (exact) mass is 396 g/mol. The molecule has 2 heterocycles. The summed E-state index contributed by atoms with van der Waals surface area (Å²) >= 11 is 6.14. The van der Waals surface area contributed by atoms with Gasteiger partial charge >= 0.3 is 0 Å². The highest BCUT2D eigenvalue weighted by Crippen LogP contribution is 2.21. The number of likely N-dealkylation sites (tertiary alicyclic amines) is 1. The van der Waals surface area contributed by atoms with Crippen molar-refractivity contribution in [2.24, 2.45) is 5.92 Å². The number of fused-ring (bicyclic) bond motifs is 1. The van der Waals surface area contributed by atoms with Crippen LogP contribution in [0.4, 0.5) is 0 Å². The molecule has 1 aliphatic heterocycles. The number of halogens is 1. The standard InChI is InChI=1S/C22H25ClN4O/c23-19-6-2-1-5-18(19)13-24-22(28)15-26-11-9-17(10-12-26)14-27-16-25-20-7-3-4-8-21(20)27/h1-8,16-17H,9-15H2,(H,24,28). The molecule has 0 saturated carbocycles. The fourth-order valence-corrected chi connectivity index (χ4v) is 4.06. The van der Waals surface area contributed by atoms with Gasteiger partial charge in [-0.3, -0.25) is 9.69 Å². The third kappa shape index (κ3) is 4.54. The number of carbonyl (C=O) groups excluding carboxylic acids is 1. The van der Waals surface area contributed by atoms with Gasteiger partial charge in [0.25, 0.3) is 0 Å². The minimum absolute atomic E-state index is 0.0546. The summed E-state index contributed by atoms with van der Waals surface area (Å²) in [6, 6.07) is 15.9. The molecule has 4 rings (SSSR count). The number of nitrogens with one attached hydrogen (secondary N) is 1. The first kappa shape index (κ1) is 19.0. The minimum Gasteiger partial charge on any atom is -0.351 e. The number of piperidine rings is 1. The second-order valence-electron chi connectivity index (χ2n) is 7.47. The van der Waals surface area contributed by atoms with Gasteiger partial charge in [-0.15, -0.1) is 0 Å². The summed E-state index contributed by atoms with van der Waals surface area (Å²) < 4.78 is 2.26. The quantitative estimate of drug-likeness (QED) is 0.690. The molecule has 2 aromatic carbocycles. The Morgan fingerprint density at radius 1 is 1.11 bits per heavy atom. The van der Waals surface area contributed by atoms with Crippen LogP contribution in [0, 0.1) is 5.92 Å². The van der Waals surface area contributed by atoms with Gasteiger partial charge < -0.3 is 9.88 Å². The largest absolute Gasteiger partial charge is 0.351 e. The van der Waals surface area contributed by atoms with E-state index in [-0.39, 0.29) is 5.91 Å². The first-order chi connectivity index (χ1) is 13.7. The van der Waals surface area contributed by atoms with Crippen LogP contribution in [0.3, 0.4) is 0 Å². The lowest BCUT2D eigenvalue weighted by atomic mass is 9.96. The molecule has 5 nitrogen and oxygen atoms in total. The number of para-hydroxylation sites is 2. The van der Waals surface area contributed by atoms with Crippen LogP contribution in [0.5, 0.6) is 0 Å². The molecular weight excluding hydrogens is 372 g/mol. The molecule has 1 N–H and O–H groups in total. The Bertz CT molecular complexity index is 946. The van der Waals surface area contributed by atoms with E-state index in [2.05, 4.69) is 38.0 Å². The van der Waals surface area contributed by atoms with Gasteiger partial charge in [0.2, 0.25) is 5.91 Å². The van der Waals surface area contributed by atoms with E-state index >= 15 is 0 Å². The first-order valence-electron chi connectivity index (χ1n) is 9.81. The molecule has 3 aromatic rings. The van der Waals surface area contributed by atoms with Gasteiger partial charge in [-0.05, 0) is 55.6 Å². The van der Waals surface area contributed by atoms with Gasteiger partial charge in [-0.25, -0.2) is 4.98 Å². The second kappa shape index (κ2) is 8.76. The number of nitrogens with zero attached hydrogens (tertiary/aromatic N) is 3. The Balaban J connectivity index is 1.23. The van der Waals surface area contributed by atoms with Crippen LogP contribution in [0.25, 0.3) is 11.0 Å². The van der Waals surface area contributed by atoms with Crippen LogP contribution < -0.4 is 5.32 Å². The SMILES string of the molecule is O=C(CN1CCC(Cn2cnc3ccccc32)CC1)NCc1ccccc1Cl. The van der Waals surface area contributed by atoms with Gasteiger partial charge in [0.1, 0.15) is 0 Å². The molecular formula is C22H25ClN4O. The maximum atomic E-state index is 12.3. The average Bonchev–Trinajstić information content (AvgIpc) is 3.12. The summed E-state index contributed by atoms with van der Waals surface area (Å²) in [6.45, 7) is 3.83. The molecule has 0 spiro atoms. The topological polar surface area (TPSA) is 50.2 Å². The number of hydrogen-bond acceptors (Lipinski definition) is 3. The van der Waals surface area contributed by atoms with Gasteiger partial charge in [0, 0.05) is 18.1 Å². The molecule has 1 aliphatic rings. The van der Waals surface area contributed by atoms with Gasteiger partial charge in [0.05, 0.1) is 23.9 Å². The predicted molar refractivity (Wildman–Crippen MR) is 112 cm³/mol. The molecule has 1 saturated heterocycles. The zero-order valence-electron chi connectivity index (χ0n) is 15.9. The van der Waals surface area contributed by atoms with Crippen molar-refractivity contribution in [2.75, 3.05) is 19.6 Å². The molecule has 1 amide bonds. The fourth-order valence-electron chi connectivity index (χ4n) is 3.86. The van der Waals surface area contributed by atoms with Crippen molar-refractivity contribution >= 4 is 28.5 Å². The average molecular weight is 397 g/mol. The number of benzene rings is 2. The zero-order chi connectivity index (χ0) is 19.3. The van der Waals surface area contributed by atoms with Crippen LogP contribution in [0.15, 0.2) is 54.9 Å². The van der Waals surface area contributed by atoms with Crippen LogP contribution in [-0.2, 0) is 17.9 Å². The van der Waals surface area contributed by atoms with Crippen LogP contribution in [0.2, 0.25) is 5.02 Å². The Morgan fingerprint density at radius 3 is 2.68 bits per heavy atom. The van der Waals surface area contributed by atoms with E-state index in [4.69, 9.17) is 11.6 Å². The van der Waals surface area contributed by atoms with Crippen LogP contribution >= 0.6 is 11.6 Å². The highest BCUT2D eigenvalue weighted by atomic mass is 35.5. The Labute approximate surface area is 170 Å². The van der Waals surface area contributed by atoms with E-state index < -0.39 is 0 Å². The molecule has 0 bridgehead atoms. The number of carbonyl (C=O) groups is 1. The molecule has 28 heavy (non-hydrogen) atoms. The van der Waals surface area contributed by atoms with Crippen molar-refractivity contribution in [2.45, 2.75) is 25.9 Å². The van der Waals surface area contributed by atoms with Gasteiger partial charge in [0.15, 0.2) is 0 Å². The van der Waals surface area contributed by atoms with Crippen molar-refractivity contribution in [3.05, 3.63) is 65.4 Å². The van der Waals surface area contributed by atoms with Crippen molar-refractivity contribution < 1.29 is 4.79 Å².